The van der Waals surface area contributed by atoms with E-state index in [1.54, 1.807) is 12.1 Å². The van der Waals surface area contributed by atoms with Crippen LogP contribution in [0.5, 0.6) is 0 Å². The molecule has 0 unspecified atom stereocenters. The van der Waals surface area contributed by atoms with Crippen molar-refractivity contribution in [3.8, 4) is 0 Å². The zero-order valence-corrected chi connectivity index (χ0v) is 18.4. The monoisotopic (exact) mass is 462 g/mol. The first-order chi connectivity index (χ1) is 14.8. The second-order valence-electron chi connectivity index (χ2n) is 7.63. The van der Waals surface area contributed by atoms with Gasteiger partial charge in [0.05, 0.1) is 17.2 Å². The van der Waals surface area contributed by atoms with E-state index in [-0.39, 0.29) is 11.4 Å². The van der Waals surface area contributed by atoms with Crippen LogP contribution in [0.2, 0.25) is 5.02 Å². The Bertz CT molecular complexity index is 1050. The van der Waals surface area contributed by atoms with Crippen LogP contribution in [0.3, 0.4) is 0 Å². The maximum atomic E-state index is 13.8. The second-order valence-corrected chi connectivity index (χ2v) is 9.03. The lowest BCUT2D eigenvalue weighted by atomic mass is 9.99. The van der Waals surface area contributed by atoms with Gasteiger partial charge in [-0.25, -0.2) is 13.8 Å². The molecule has 0 aliphatic carbocycles. The first-order valence-corrected chi connectivity index (χ1v) is 11.2. The summed E-state index contributed by atoms with van der Waals surface area (Å²) in [6.45, 7) is 1.78. The third-order valence-corrected chi connectivity index (χ3v) is 6.50. The van der Waals surface area contributed by atoms with E-state index in [1.165, 1.54) is 17.8 Å². The van der Waals surface area contributed by atoms with Gasteiger partial charge in [0.15, 0.2) is 5.66 Å². The number of likely N-dealkylation sites (tertiary alicyclic amines) is 1. The standard InChI is InChI=1S/C22H21ClF2N4OS/c1-29-10-8-22(9-11-29)27-20(14-2-4-15(23)5-3-14)21(28-22)31-13-19(30)26-18-7-6-16(24)12-17(18)25/h2-7,12H,8-11,13H2,1H3,(H,26,30). The number of carbonyl (C=O) groups excluding carboxylic acids is 1. The molecule has 2 aromatic rings. The summed E-state index contributed by atoms with van der Waals surface area (Å²) in [6, 6.07) is 10.4. The quantitative estimate of drug-likeness (QED) is 0.721. The van der Waals surface area contributed by atoms with E-state index in [1.807, 2.05) is 12.1 Å². The Balaban J connectivity index is 1.51. The van der Waals surface area contributed by atoms with Crippen LogP contribution >= 0.6 is 23.4 Å². The minimum absolute atomic E-state index is 0.0260. The van der Waals surface area contributed by atoms with E-state index in [2.05, 4.69) is 17.3 Å². The molecule has 0 bridgehead atoms. The topological polar surface area (TPSA) is 57.1 Å². The van der Waals surface area contributed by atoms with Crippen LogP contribution in [0.1, 0.15) is 18.4 Å². The first-order valence-electron chi connectivity index (χ1n) is 9.86. The van der Waals surface area contributed by atoms with E-state index in [4.69, 9.17) is 21.6 Å². The average molecular weight is 463 g/mol. The van der Waals surface area contributed by atoms with Crippen molar-refractivity contribution in [3.63, 3.8) is 0 Å². The highest BCUT2D eigenvalue weighted by atomic mass is 35.5. The number of hydrogen-bond acceptors (Lipinski definition) is 5. The molecule has 2 aromatic carbocycles. The van der Waals surface area contributed by atoms with Gasteiger partial charge in [-0.1, -0.05) is 35.5 Å². The number of halogens is 3. The summed E-state index contributed by atoms with van der Waals surface area (Å²) in [7, 11) is 2.07. The molecule has 31 heavy (non-hydrogen) atoms. The minimum Gasteiger partial charge on any atom is -0.323 e. The maximum Gasteiger partial charge on any atom is 0.234 e. The largest absolute Gasteiger partial charge is 0.323 e. The second kappa shape index (κ2) is 9.06. The zero-order chi connectivity index (χ0) is 22.0. The van der Waals surface area contributed by atoms with Gasteiger partial charge >= 0.3 is 0 Å². The highest BCUT2D eigenvalue weighted by Crippen LogP contribution is 2.35. The zero-order valence-electron chi connectivity index (χ0n) is 16.9. The molecule has 1 fully saturated rings. The fraction of sp³-hybridized carbons (Fsp3) is 0.318. The number of thioether (sulfide) groups is 1. The van der Waals surface area contributed by atoms with E-state index in [0.717, 1.165) is 49.3 Å². The molecule has 1 saturated heterocycles. The molecule has 0 atom stereocenters. The van der Waals surface area contributed by atoms with Crippen LogP contribution in [-0.2, 0) is 4.79 Å². The summed E-state index contributed by atoms with van der Waals surface area (Å²) in [5.74, 6) is -1.89. The molecule has 1 spiro atoms. The number of nitrogens with zero attached hydrogens (tertiary/aromatic N) is 3. The minimum atomic E-state index is -0.815. The molecule has 9 heteroatoms. The highest BCUT2D eigenvalue weighted by Gasteiger charge is 2.39. The van der Waals surface area contributed by atoms with Crippen LogP contribution in [0.25, 0.3) is 0 Å². The van der Waals surface area contributed by atoms with E-state index in [9.17, 15) is 13.6 Å². The van der Waals surface area contributed by atoms with E-state index in [0.29, 0.717) is 10.1 Å². The summed E-state index contributed by atoms with van der Waals surface area (Å²) in [6.07, 6.45) is 1.61. The Kier molecular flexibility index (Phi) is 6.41. The molecular formula is C22H21ClF2N4OS. The lowest BCUT2D eigenvalue weighted by molar-refractivity contribution is -0.113. The van der Waals surface area contributed by atoms with Gasteiger partial charge in [-0.15, -0.1) is 0 Å². The Morgan fingerprint density at radius 2 is 1.87 bits per heavy atom. The molecule has 1 N–H and O–H groups in total. The molecule has 0 saturated carbocycles. The predicted molar refractivity (Wildman–Crippen MR) is 122 cm³/mol. The molecule has 2 aliphatic heterocycles. The third-order valence-electron chi connectivity index (χ3n) is 5.28. The smallest absolute Gasteiger partial charge is 0.234 e. The predicted octanol–water partition coefficient (Wildman–Crippen LogP) is 4.61. The van der Waals surface area contributed by atoms with Gasteiger partial charge in [-0.3, -0.25) is 9.79 Å². The van der Waals surface area contributed by atoms with Crippen molar-refractivity contribution in [3.05, 3.63) is 64.7 Å². The van der Waals surface area contributed by atoms with Gasteiger partial charge in [-0.05, 0) is 31.3 Å². The van der Waals surface area contributed by atoms with Crippen molar-refractivity contribution in [1.29, 1.82) is 0 Å². The van der Waals surface area contributed by atoms with Crippen molar-refractivity contribution in [1.82, 2.24) is 4.90 Å². The van der Waals surface area contributed by atoms with Gasteiger partial charge in [0.25, 0.3) is 0 Å². The van der Waals surface area contributed by atoms with Gasteiger partial charge in [0.2, 0.25) is 5.91 Å². The number of carbonyl (C=O) groups is 1. The Morgan fingerprint density at radius 3 is 2.55 bits per heavy atom. The number of nitrogens with one attached hydrogen (secondary N) is 1. The van der Waals surface area contributed by atoms with Crippen molar-refractivity contribution < 1.29 is 13.6 Å². The fourth-order valence-corrected chi connectivity index (χ4v) is 4.53. The third kappa shape index (κ3) is 5.14. The van der Waals surface area contributed by atoms with Crippen LogP contribution in [-0.4, -0.2) is 53.1 Å². The van der Waals surface area contributed by atoms with E-state index < -0.39 is 23.2 Å². The summed E-state index contributed by atoms with van der Waals surface area (Å²) >= 11 is 7.29. The molecular weight excluding hydrogens is 442 g/mol. The van der Waals surface area contributed by atoms with Gasteiger partial charge in [0, 0.05) is 42.6 Å². The number of amides is 1. The van der Waals surface area contributed by atoms with Gasteiger partial charge < -0.3 is 10.2 Å². The molecule has 162 valence electrons. The van der Waals surface area contributed by atoms with Crippen LogP contribution in [0.15, 0.2) is 52.4 Å². The number of rotatable bonds is 4. The number of aliphatic imine (C=N–C) groups is 2. The SMILES string of the molecule is CN1CCC2(CC1)N=C(SCC(=O)Nc1ccc(F)cc1F)C(c1ccc(Cl)cc1)=N2. The highest BCUT2D eigenvalue weighted by molar-refractivity contribution is 8.16. The number of benzene rings is 2. The summed E-state index contributed by atoms with van der Waals surface area (Å²) < 4.78 is 26.9. The number of piperidine rings is 1. The molecule has 2 aliphatic rings. The summed E-state index contributed by atoms with van der Waals surface area (Å²) in [5.41, 5.74) is 1.06. The maximum absolute atomic E-state index is 13.8. The van der Waals surface area contributed by atoms with Gasteiger partial charge in [0.1, 0.15) is 16.7 Å². The molecule has 0 radical (unpaired) electrons. The molecule has 0 aromatic heterocycles. The van der Waals surface area contributed by atoms with Crippen LogP contribution in [0, 0.1) is 11.6 Å². The normalized spacial score (nSPS) is 18.1. The van der Waals surface area contributed by atoms with Crippen LogP contribution in [0.4, 0.5) is 14.5 Å². The number of hydrogen-bond donors (Lipinski definition) is 1. The Hall–Kier alpha value is -2.29. The Morgan fingerprint density at radius 1 is 1.16 bits per heavy atom. The van der Waals surface area contributed by atoms with Crippen molar-refractivity contribution in [2.24, 2.45) is 9.98 Å². The van der Waals surface area contributed by atoms with Crippen molar-refractivity contribution >= 4 is 45.7 Å². The average Bonchev–Trinajstić information content (AvgIpc) is 3.10. The Labute approximate surface area is 188 Å². The first kappa shape index (κ1) is 21.9. The van der Waals surface area contributed by atoms with Crippen LogP contribution < -0.4 is 5.32 Å². The molecule has 1 amide bonds. The van der Waals surface area contributed by atoms with Gasteiger partial charge in [-0.2, -0.15) is 0 Å². The number of anilines is 1. The van der Waals surface area contributed by atoms with E-state index >= 15 is 0 Å². The summed E-state index contributed by atoms with van der Waals surface area (Å²) in [4.78, 5) is 24.5. The van der Waals surface area contributed by atoms with Crippen molar-refractivity contribution in [2.45, 2.75) is 18.5 Å². The lowest BCUT2D eigenvalue weighted by Gasteiger charge is -2.33. The fourth-order valence-electron chi connectivity index (χ4n) is 3.53. The van der Waals surface area contributed by atoms with Crippen molar-refractivity contribution in [2.75, 3.05) is 31.2 Å². The summed E-state index contributed by atoms with van der Waals surface area (Å²) in [5, 5.41) is 3.79. The molecule has 4 rings (SSSR count). The molecule has 2 heterocycles. The molecule has 5 nitrogen and oxygen atoms in total. The lowest BCUT2D eigenvalue weighted by Crippen LogP contribution is -2.39.